The Morgan fingerprint density at radius 1 is 1.03 bits per heavy atom. The fourth-order valence-corrected chi connectivity index (χ4v) is 4.43. The number of amides is 2. The predicted molar refractivity (Wildman–Crippen MR) is 122 cm³/mol. The molecule has 1 atom stereocenters. The second-order valence-corrected chi connectivity index (χ2v) is 8.92. The van der Waals surface area contributed by atoms with Gasteiger partial charge >= 0.3 is 0 Å². The molecule has 2 aliphatic rings. The van der Waals surface area contributed by atoms with E-state index in [9.17, 15) is 14.0 Å². The van der Waals surface area contributed by atoms with E-state index in [1.807, 2.05) is 31.2 Å². The zero-order valence-electron chi connectivity index (χ0n) is 18.6. The molecular formula is C24H23ClFN5O3. The first-order valence-electron chi connectivity index (χ1n) is 11.0. The Hall–Kier alpha value is -3.30. The van der Waals surface area contributed by atoms with Crippen molar-refractivity contribution in [3.05, 3.63) is 81.4 Å². The summed E-state index contributed by atoms with van der Waals surface area (Å²) in [5.41, 5.74) is 3.07. The van der Waals surface area contributed by atoms with Gasteiger partial charge in [-0.25, -0.2) is 9.07 Å². The van der Waals surface area contributed by atoms with Crippen molar-refractivity contribution in [2.24, 2.45) is 0 Å². The highest BCUT2D eigenvalue weighted by Crippen LogP contribution is 2.28. The van der Waals surface area contributed by atoms with Gasteiger partial charge in [-0.1, -0.05) is 46.6 Å². The van der Waals surface area contributed by atoms with Gasteiger partial charge in [0.05, 0.1) is 24.4 Å². The largest absolute Gasteiger partial charge is 0.365 e. The molecule has 2 aromatic carbocycles. The fraction of sp³-hybridized carbons (Fsp3) is 0.333. The Kier molecular flexibility index (Phi) is 6.05. The standard InChI is InChI=1S/C24H23ClFN5O3/c1-15-2-4-16(5-3-15)21-13-31-20(14-34-21)22(27-28-31)24(33)30-10-8-29(9-11-30)23(32)18-12-17(25)6-7-19(18)26/h2-7,12,21H,8-11,13-14H2,1H3/t21-/m0/s1. The van der Waals surface area contributed by atoms with E-state index >= 15 is 0 Å². The first kappa shape index (κ1) is 22.5. The molecule has 0 saturated carbocycles. The summed E-state index contributed by atoms with van der Waals surface area (Å²) in [6.45, 7) is 3.94. The summed E-state index contributed by atoms with van der Waals surface area (Å²) < 4.78 is 21.8. The summed E-state index contributed by atoms with van der Waals surface area (Å²) in [5.74, 6) is -1.31. The third-order valence-corrected chi connectivity index (χ3v) is 6.50. The molecule has 2 aliphatic heterocycles. The number of aryl methyl sites for hydroxylation is 1. The number of halogens is 2. The first-order chi connectivity index (χ1) is 16.4. The lowest BCUT2D eigenvalue weighted by atomic mass is 10.1. The van der Waals surface area contributed by atoms with Gasteiger partial charge in [-0.05, 0) is 30.7 Å². The van der Waals surface area contributed by atoms with Crippen molar-refractivity contribution >= 4 is 23.4 Å². The maximum absolute atomic E-state index is 14.1. The molecule has 3 heterocycles. The van der Waals surface area contributed by atoms with Gasteiger partial charge < -0.3 is 14.5 Å². The molecule has 1 fully saturated rings. The molecule has 0 radical (unpaired) electrons. The van der Waals surface area contributed by atoms with Crippen LogP contribution in [-0.4, -0.2) is 62.8 Å². The Labute approximate surface area is 200 Å². The second kappa shape index (κ2) is 9.15. The van der Waals surface area contributed by atoms with E-state index in [4.69, 9.17) is 16.3 Å². The summed E-state index contributed by atoms with van der Waals surface area (Å²) in [5, 5.41) is 8.62. The lowest BCUT2D eigenvalue weighted by Crippen LogP contribution is -2.51. The van der Waals surface area contributed by atoms with Crippen molar-refractivity contribution in [2.75, 3.05) is 26.2 Å². The van der Waals surface area contributed by atoms with Crippen molar-refractivity contribution in [1.29, 1.82) is 0 Å². The van der Waals surface area contributed by atoms with Crippen LogP contribution in [0.3, 0.4) is 0 Å². The Morgan fingerprint density at radius 2 is 1.71 bits per heavy atom. The van der Waals surface area contributed by atoms with Gasteiger partial charge in [0, 0.05) is 31.2 Å². The van der Waals surface area contributed by atoms with E-state index in [0.717, 1.165) is 5.56 Å². The van der Waals surface area contributed by atoms with Gasteiger partial charge in [0.15, 0.2) is 5.69 Å². The molecule has 2 amide bonds. The molecule has 0 bridgehead atoms. The van der Waals surface area contributed by atoms with Crippen LogP contribution in [0, 0.1) is 12.7 Å². The Morgan fingerprint density at radius 3 is 2.41 bits per heavy atom. The molecule has 0 aliphatic carbocycles. The summed E-state index contributed by atoms with van der Waals surface area (Å²) >= 11 is 5.91. The SMILES string of the molecule is Cc1ccc([C@@H]2Cn3nnc(C(=O)N4CCN(C(=O)c5cc(Cl)ccc5F)CC4)c3CO2)cc1. The smallest absolute Gasteiger partial charge is 0.276 e. The summed E-state index contributed by atoms with van der Waals surface area (Å²) in [6.07, 6.45) is -0.154. The zero-order chi connectivity index (χ0) is 23.8. The lowest BCUT2D eigenvalue weighted by molar-refractivity contribution is -0.00203. The highest BCUT2D eigenvalue weighted by atomic mass is 35.5. The maximum atomic E-state index is 14.1. The minimum atomic E-state index is -0.618. The van der Waals surface area contributed by atoms with Crippen LogP contribution in [0.1, 0.15) is 43.8 Å². The third kappa shape index (κ3) is 4.28. The monoisotopic (exact) mass is 483 g/mol. The van der Waals surface area contributed by atoms with E-state index in [1.165, 1.54) is 28.7 Å². The molecule has 10 heteroatoms. The van der Waals surface area contributed by atoms with Crippen LogP contribution in [-0.2, 0) is 17.9 Å². The van der Waals surface area contributed by atoms with Gasteiger partial charge in [0.1, 0.15) is 11.9 Å². The van der Waals surface area contributed by atoms with Crippen molar-refractivity contribution in [1.82, 2.24) is 24.8 Å². The van der Waals surface area contributed by atoms with Gasteiger partial charge in [-0.3, -0.25) is 9.59 Å². The molecular weight excluding hydrogens is 461 g/mol. The lowest BCUT2D eigenvalue weighted by Gasteiger charge is -2.34. The van der Waals surface area contributed by atoms with Crippen LogP contribution in [0.15, 0.2) is 42.5 Å². The zero-order valence-corrected chi connectivity index (χ0v) is 19.3. The number of ether oxygens (including phenoxy) is 1. The summed E-state index contributed by atoms with van der Waals surface area (Å²) in [4.78, 5) is 29.0. The van der Waals surface area contributed by atoms with Crippen LogP contribution >= 0.6 is 11.6 Å². The van der Waals surface area contributed by atoms with E-state index in [2.05, 4.69) is 10.3 Å². The number of carbonyl (C=O) groups is 2. The number of carbonyl (C=O) groups excluding carboxylic acids is 2. The van der Waals surface area contributed by atoms with Gasteiger partial charge in [-0.15, -0.1) is 5.10 Å². The molecule has 0 spiro atoms. The van der Waals surface area contributed by atoms with E-state index in [-0.39, 0.29) is 43.0 Å². The van der Waals surface area contributed by atoms with Gasteiger partial charge in [0.25, 0.3) is 11.8 Å². The number of hydrogen-bond donors (Lipinski definition) is 0. The molecule has 5 rings (SSSR count). The van der Waals surface area contributed by atoms with E-state index in [0.29, 0.717) is 30.4 Å². The van der Waals surface area contributed by atoms with Crippen molar-refractivity contribution in [3.8, 4) is 0 Å². The Balaban J connectivity index is 1.23. The number of hydrogen-bond acceptors (Lipinski definition) is 5. The van der Waals surface area contributed by atoms with Gasteiger partial charge in [-0.2, -0.15) is 0 Å². The predicted octanol–water partition coefficient (Wildman–Crippen LogP) is 3.25. The summed E-state index contributed by atoms with van der Waals surface area (Å²) in [7, 11) is 0. The molecule has 3 aromatic rings. The average molecular weight is 484 g/mol. The number of benzene rings is 2. The normalized spacial score (nSPS) is 18.0. The molecule has 8 nitrogen and oxygen atoms in total. The van der Waals surface area contributed by atoms with E-state index < -0.39 is 11.7 Å². The molecule has 176 valence electrons. The number of piperazine rings is 1. The fourth-order valence-electron chi connectivity index (χ4n) is 4.25. The van der Waals surface area contributed by atoms with Crippen LogP contribution in [0.2, 0.25) is 5.02 Å². The average Bonchev–Trinajstić information content (AvgIpc) is 3.28. The van der Waals surface area contributed by atoms with Gasteiger partial charge in [0.2, 0.25) is 0 Å². The van der Waals surface area contributed by atoms with Crippen LogP contribution in [0.4, 0.5) is 4.39 Å². The van der Waals surface area contributed by atoms with Crippen LogP contribution in [0.25, 0.3) is 0 Å². The summed E-state index contributed by atoms with van der Waals surface area (Å²) in [6, 6.07) is 12.0. The molecule has 0 unspecified atom stereocenters. The van der Waals surface area contributed by atoms with Crippen LogP contribution < -0.4 is 0 Å². The number of rotatable bonds is 3. The topological polar surface area (TPSA) is 80.6 Å². The highest BCUT2D eigenvalue weighted by Gasteiger charge is 2.32. The highest BCUT2D eigenvalue weighted by molar-refractivity contribution is 6.31. The molecule has 1 saturated heterocycles. The first-order valence-corrected chi connectivity index (χ1v) is 11.4. The van der Waals surface area contributed by atoms with E-state index in [1.54, 1.807) is 9.58 Å². The number of fused-ring (bicyclic) bond motifs is 1. The minimum Gasteiger partial charge on any atom is -0.365 e. The number of nitrogens with zero attached hydrogens (tertiary/aromatic N) is 5. The molecule has 1 aromatic heterocycles. The maximum Gasteiger partial charge on any atom is 0.276 e. The molecule has 0 N–H and O–H groups in total. The number of aromatic nitrogens is 3. The van der Waals surface area contributed by atoms with Crippen molar-refractivity contribution in [3.63, 3.8) is 0 Å². The van der Waals surface area contributed by atoms with Crippen molar-refractivity contribution < 1.29 is 18.7 Å². The third-order valence-electron chi connectivity index (χ3n) is 6.26. The molecule has 34 heavy (non-hydrogen) atoms. The second-order valence-electron chi connectivity index (χ2n) is 8.49. The Bertz CT molecular complexity index is 1240. The van der Waals surface area contributed by atoms with Crippen LogP contribution in [0.5, 0.6) is 0 Å². The minimum absolute atomic E-state index is 0.0695. The quantitative estimate of drug-likeness (QED) is 0.571. The van der Waals surface area contributed by atoms with Crippen molar-refractivity contribution in [2.45, 2.75) is 26.2 Å².